The zero-order valence-electron chi connectivity index (χ0n) is 10.3. The van der Waals surface area contributed by atoms with Crippen molar-refractivity contribution in [2.24, 2.45) is 0 Å². The van der Waals surface area contributed by atoms with Crippen molar-refractivity contribution in [2.45, 2.75) is 38.3 Å². The molecule has 5 nitrogen and oxygen atoms in total. The van der Waals surface area contributed by atoms with Crippen molar-refractivity contribution in [3.63, 3.8) is 0 Å². The van der Waals surface area contributed by atoms with Crippen molar-refractivity contribution < 1.29 is 9.53 Å². The number of aromatic nitrogens is 2. The van der Waals surface area contributed by atoms with Gasteiger partial charge in [0.1, 0.15) is 0 Å². The Morgan fingerprint density at radius 3 is 3.28 bits per heavy atom. The second-order valence-corrected chi connectivity index (χ2v) is 4.80. The molecular formula is C12H18ClN3O2. The van der Waals surface area contributed by atoms with E-state index < -0.39 is 0 Å². The molecule has 1 unspecified atom stereocenters. The highest BCUT2D eigenvalue weighted by molar-refractivity contribution is 6.18. The number of nitrogens with zero attached hydrogens (tertiary/aromatic N) is 2. The molecule has 100 valence electrons. The van der Waals surface area contributed by atoms with Crippen LogP contribution in [0.1, 0.15) is 25.7 Å². The molecule has 0 bridgehead atoms. The van der Waals surface area contributed by atoms with Gasteiger partial charge in [0.15, 0.2) is 0 Å². The van der Waals surface area contributed by atoms with E-state index in [0.29, 0.717) is 18.7 Å². The minimum atomic E-state index is -0.0210. The van der Waals surface area contributed by atoms with Gasteiger partial charge in [0.25, 0.3) is 0 Å². The highest BCUT2D eigenvalue weighted by atomic mass is 35.5. The van der Waals surface area contributed by atoms with Crippen molar-refractivity contribution in [1.29, 1.82) is 0 Å². The molecule has 1 aromatic heterocycles. The van der Waals surface area contributed by atoms with Crippen LogP contribution in [-0.2, 0) is 16.1 Å². The van der Waals surface area contributed by atoms with Crippen LogP contribution in [0.3, 0.4) is 0 Å². The molecule has 2 heterocycles. The summed E-state index contributed by atoms with van der Waals surface area (Å²) < 4.78 is 7.35. The van der Waals surface area contributed by atoms with E-state index in [-0.39, 0.29) is 12.0 Å². The Morgan fingerprint density at radius 1 is 1.67 bits per heavy atom. The number of rotatable bonds is 6. The molecule has 1 aromatic rings. The van der Waals surface area contributed by atoms with Gasteiger partial charge in [-0.1, -0.05) is 0 Å². The van der Waals surface area contributed by atoms with Gasteiger partial charge in [-0.05, 0) is 19.3 Å². The van der Waals surface area contributed by atoms with Gasteiger partial charge in [-0.2, -0.15) is 5.10 Å². The van der Waals surface area contributed by atoms with Gasteiger partial charge in [0, 0.05) is 25.1 Å². The Bertz CT molecular complexity index is 388. The first kappa shape index (κ1) is 13.4. The number of carbonyl (C=O) groups is 1. The lowest BCUT2D eigenvalue weighted by Gasteiger charge is -2.08. The molecule has 1 aliphatic heterocycles. The summed E-state index contributed by atoms with van der Waals surface area (Å²) in [5, 5.41) is 7.01. The molecule has 1 saturated heterocycles. The second-order valence-electron chi connectivity index (χ2n) is 4.43. The zero-order chi connectivity index (χ0) is 12.8. The molecule has 0 aromatic carbocycles. The first-order valence-corrected chi connectivity index (χ1v) is 6.81. The molecular weight excluding hydrogens is 254 g/mol. The lowest BCUT2D eigenvalue weighted by molar-refractivity contribution is -0.116. The summed E-state index contributed by atoms with van der Waals surface area (Å²) in [6, 6.07) is 0. The number of halogens is 1. The Morgan fingerprint density at radius 2 is 2.56 bits per heavy atom. The van der Waals surface area contributed by atoms with Crippen LogP contribution >= 0.6 is 11.6 Å². The third-order valence-corrected chi connectivity index (χ3v) is 3.14. The van der Waals surface area contributed by atoms with E-state index in [0.717, 1.165) is 31.7 Å². The van der Waals surface area contributed by atoms with Gasteiger partial charge in [0.05, 0.1) is 24.5 Å². The monoisotopic (exact) mass is 271 g/mol. The lowest BCUT2D eigenvalue weighted by Crippen LogP contribution is -2.15. The molecule has 2 rings (SSSR count). The average Bonchev–Trinajstić information content (AvgIpc) is 2.99. The van der Waals surface area contributed by atoms with Crippen LogP contribution in [0.5, 0.6) is 0 Å². The van der Waals surface area contributed by atoms with Crippen molar-refractivity contribution in [1.82, 2.24) is 9.78 Å². The fraction of sp³-hybridized carbons (Fsp3) is 0.667. The van der Waals surface area contributed by atoms with E-state index in [1.807, 2.05) is 10.9 Å². The third kappa shape index (κ3) is 3.99. The largest absolute Gasteiger partial charge is 0.376 e. The maximum Gasteiger partial charge on any atom is 0.224 e. The minimum Gasteiger partial charge on any atom is -0.376 e. The molecule has 0 radical (unpaired) electrons. The van der Waals surface area contributed by atoms with Crippen LogP contribution in [0.4, 0.5) is 5.69 Å². The molecule has 0 aliphatic carbocycles. The first-order valence-electron chi connectivity index (χ1n) is 6.28. The number of hydrogen-bond acceptors (Lipinski definition) is 3. The average molecular weight is 272 g/mol. The SMILES string of the molecule is O=C(CCCCl)Nc1cnn(CC2CCCO2)c1. The van der Waals surface area contributed by atoms with E-state index in [1.165, 1.54) is 0 Å². The van der Waals surface area contributed by atoms with E-state index in [4.69, 9.17) is 16.3 Å². The van der Waals surface area contributed by atoms with Crippen LogP contribution in [0, 0.1) is 0 Å². The van der Waals surface area contributed by atoms with Gasteiger partial charge in [-0.25, -0.2) is 0 Å². The molecule has 1 atom stereocenters. The smallest absolute Gasteiger partial charge is 0.224 e. The van der Waals surface area contributed by atoms with E-state index in [2.05, 4.69) is 10.4 Å². The second kappa shape index (κ2) is 6.75. The minimum absolute atomic E-state index is 0.0210. The van der Waals surface area contributed by atoms with Crippen LogP contribution in [-0.4, -0.2) is 34.3 Å². The normalized spacial score (nSPS) is 19.1. The summed E-state index contributed by atoms with van der Waals surface area (Å²) in [6.45, 7) is 1.59. The quantitative estimate of drug-likeness (QED) is 0.806. The van der Waals surface area contributed by atoms with Gasteiger partial charge in [0.2, 0.25) is 5.91 Å². The summed E-state index contributed by atoms with van der Waals surface area (Å²) in [5.41, 5.74) is 0.729. The summed E-state index contributed by atoms with van der Waals surface area (Å²) in [6.07, 6.45) is 7.08. The van der Waals surface area contributed by atoms with Gasteiger partial charge >= 0.3 is 0 Å². The zero-order valence-corrected chi connectivity index (χ0v) is 11.0. The number of ether oxygens (including phenoxy) is 1. The number of anilines is 1. The maximum atomic E-state index is 11.5. The predicted molar refractivity (Wildman–Crippen MR) is 69.8 cm³/mol. The highest BCUT2D eigenvalue weighted by Crippen LogP contribution is 2.15. The summed E-state index contributed by atoms with van der Waals surface area (Å²) in [4.78, 5) is 11.5. The highest BCUT2D eigenvalue weighted by Gasteiger charge is 2.16. The number of alkyl halides is 1. The van der Waals surface area contributed by atoms with Crippen molar-refractivity contribution >= 4 is 23.2 Å². The number of amides is 1. The Kier molecular flexibility index (Phi) is 5.01. The summed E-state index contributed by atoms with van der Waals surface area (Å²) in [7, 11) is 0. The molecule has 6 heteroatoms. The Hall–Kier alpha value is -1.07. The van der Waals surface area contributed by atoms with Gasteiger partial charge in [-0.3, -0.25) is 9.48 Å². The van der Waals surface area contributed by atoms with Gasteiger partial charge in [-0.15, -0.1) is 11.6 Å². The van der Waals surface area contributed by atoms with E-state index in [9.17, 15) is 4.79 Å². The van der Waals surface area contributed by atoms with Gasteiger partial charge < -0.3 is 10.1 Å². The Balaban J connectivity index is 1.79. The fourth-order valence-electron chi connectivity index (χ4n) is 1.98. The molecule has 1 amide bonds. The van der Waals surface area contributed by atoms with Crippen LogP contribution in [0.15, 0.2) is 12.4 Å². The molecule has 1 N–H and O–H groups in total. The van der Waals surface area contributed by atoms with Crippen LogP contribution in [0.2, 0.25) is 0 Å². The fourth-order valence-corrected chi connectivity index (χ4v) is 2.11. The van der Waals surface area contributed by atoms with Crippen molar-refractivity contribution in [3.8, 4) is 0 Å². The molecule has 0 saturated carbocycles. The maximum absolute atomic E-state index is 11.5. The topological polar surface area (TPSA) is 56.2 Å². The van der Waals surface area contributed by atoms with Crippen molar-refractivity contribution in [2.75, 3.05) is 17.8 Å². The standard InChI is InChI=1S/C12H18ClN3O2/c13-5-1-4-12(17)15-10-7-14-16(8-10)9-11-3-2-6-18-11/h7-8,11H,1-6,9H2,(H,15,17). The van der Waals surface area contributed by atoms with E-state index in [1.54, 1.807) is 6.20 Å². The first-order chi connectivity index (χ1) is 8.78. The summed E-state index contributed by atoms with van der Waals surface area (Å²) >= 11 is 5.54. The van der Waals surface area contributed by atoms with Crippen LogP contribution in [0.25, 0.3) is 0 Å². The number of hydrogen-bond donors (Lipinski definition) is 1. The molecule has 18 heavy (non-hydrogen) atoms. The van der Waals surface area contributed by atoms with Crippen molar-refractivity contribution in [3.05, 3.63) is 12.4 Å². The number of carbonyl (C=O) groups excluding carboxylic acids is 1. The molecule has 1 fully saturated rings. The number of nitrogens with one attached hydrogen (secondary N) is 1. The van der Waals surface area contributed by atoms with E-state index >= 15 is 0 Å². The Labute approximate surface area is 111 Å². The molecule has 0 spiro atoms. The third-order valence-electron chi connectivity index (χ3n) is 2.87. The molecule has 1 aliphatic rings. The van der Waals surface area contributed by atoms with Crippen LogP contribution < -0.4 is 5.32 Å². The predicted octanol–water partition coefficient (Wildman–Crippen LogP) is 2.02. The summed E-state index contributed by atoms with van der Waals surface area (Å²) in [5.74, 6) is 0.485. The lowest BCUT2D eigenvalue weighted by atomic mass is 10.2.